The number of rotatable bonds is 5. The van der Waals surface area contributed by atoms with Crippen LogP contribution in [-0.4, -0.2) is 19.0 Å². The molecular weight excluding hydrogens is 266 g/mol. The Morgan fingerprint density at radius 2 is 2.24 bits per heavy atom. The number of nitrogen functional groups attached to an aromatic ring is 1. The topological polar surface area (TPSA) is 71.5 Å². The van der Waals surface area contributed by atoms with Gasteiger partial charge in [-0.15, -0.1) is 0 Å². The van der Waals surface area contributed by atoms with Crippen LogP contribution in [0.2, 0.25) is 0 Å². The van der Waals surface area contributed by atoms with Gasteiger partial charge in [-0.3, -0.25) is 4.79 Å². The maximum Gasteiger partial charge on any atom is 0.251 e. The van der Waals surface area contributed by atoms with Gasteiger partial charge in [0.15, 0.2) is 0 Å². The molecule has 1 fully saturated rings. The molecule has 0 bridgehead atoms. The molecule has 2 aromatic rings. The minimum atomic E-state index is -0.106. The van der Waals surface area contributed by atoms with E-state index in [1.807, 2.05) is 18.2 Å². The quantitative estimate of drug-likeness (QED) is 0.827. The number of amides is 1. The standard InChI is InChI=1S/C16H19N3O2/c1-18-16(20)11-4-7-14(17)15(9-11)19(12-5-6-12)10-13-3-2-8-21-13/h2-4,7-9,12H,5-6,10,17H2,1H3,(H,18,20). The van der Waals surface area contributed by atoms with E-state index in [1.165, 1.54) is 0 Å². The Morgan fingerprint density at radius 3 is 2.86 bits per heavy atom. The van der Waals surface area contributed by atoms with E-state index in [9.17, 15) is 4.79 Å². The third kappa shape index (κ3) is 2.86. The summed E-state index contributed by atoms with van der Waals surface area (Å²) in [6, 6.07) is 9.69. The van der Waals surface area contributed by atoms with Crippen molar-refractivity contribution in [2.45, 2.75) is 25.4 Å². The van der Waals surface area contributed by atoms with Gasteiger partial charge in [-0.1, -0.05) is 0 Å². The molecule has 1 aromatic carbocycles. The van der Waals surface area contributed by atoms with Crippen molar-refractivity contribution in [3.8, 4) is 0 Å². The molecule has 1 aromatic heterocycles. The highest BCUT2D eigenvalue weighted by atomic mass is 16.3. The minimum absolute atomic E-state index is 0.106. The van der Waals surface area contributed by atoms with E-state index in [4.69, 9.17) is 10.2 Å². The molecule has 1 aliphatic carbocycles. The van der Waals surface area contributed by atoms with Crippen LogP contribution in [0.15, 0.2) is 41.0 Å². The summed E-state index contributed by atoms with van der Waals surface area (Å²) >= 11 is 0. The highest BCUT2D eigenvalue weighted by Gasteiger charge is 2.31. The van der Waals surface area contributed by atoms with Crippen LogP contribution < -0.4 is 16.0 Å². The summed E-state index contributed by atoms with van der Waals surface area (Å²) in [6.45, 7) is 0.666. The Labute approximate surface area is 123 Å². The van der Waals surface area contributed by atoms with E-state index in [2.05, 4.69) is 10.2 Å². The van der Waals surface area contributed by atoms with E-state index in [-0.39, 0.29) is 5.91 Å². The van der Waals surface area contributed by atoms with Gasteiger partial charge < -0.3 is 20.4 Å². The van der Waals surface area contributed by atoms with Crippen LogP contribution in [-0.2, 0) is 6.54 Å². The number of anilines is 2. The van der Waals surface area contributed by atoms with Crippen LogP contribution in [0.3, 0.4) is 0 Å². The highest BCUT2D eigenvalue weighted by molar-refractivity contribution is 5.96. The molecule has 3 N–H and O–H groups in total. The molecule has 1 saturated carbocycles. The van der Waals surface area contributed by atoms with Crippen LogP contribution in [0.1, 0.15) is 29.0 Å². The van der Waals surface area contributed by atoms with Crippen molar-refractivity contribution in [1.29, 1.82) is 0 Å². The number of benzene rings is 1. The van der Waals surface area contributed by atoms with Crippen LogP contribution in [0.25, 0.3) is 0 Å². The first-order chi connectivity index (χ1) is 10.2. The van der Waals surface area contributed by atoms with E-state index < -0.39 is 0 Å². The van der Waals surface area contributed by atoms with Crippen molar-refractivity contribution < 1.29 is 9.21 Å². The zero-order valence-corrected chi connectivity index (χ0v) is 12.0. The highest BCUT2D eigenvalue weighted by Crippen LogP contribution is 2.36. The van der Waals surface area contributed by atoms with Crippen LogP contribution in [0.5, 0.6) is 0 Å². The number of furan rings is 1. The van der Waals surface area contributed by atoms with Gasteiger partial charge >= 0.3 is 0 Å². The summed E-state index contributed by atoms with van der Waals surface area (Å²) in [5.41, 5.74) is 8.32. The first-order valence-electron chi connectivity index (χ1n) is 7.09. The number of hydrogen-bond acceptors (Lipinski definition) is 4. The number of nitrogens with two attached hydrogens (primary N) is 1. The van der Waals surface area contributed by atoms with E-state index >= 15 is 0 Å². The summed E-state index contributed by atoms with van der Waals surface area (Å²) < 4.78 is 5.44. The molecule has 5 heteroatoms. The molecule has 0 saturated heterocycles. The summed E-state index contributed by atoms with van der Waals surface area (Å²) in [5.74, 6) is 0.789. The number of nitrogens with one attached hydrogen (secondary N) is 1. The van der Waals surface area contributed by atoms with Gasteiger partial charge in [0.25, 0.3) is 5.91 Å². The van der Waals surface area contributed by atoms with Gasteiger partial charge in [-0.25, -0.2) is 0 Å². The number of carbonyl (C=O) groups excluding carboxylic acids is 1. The molecule has 5 nitrogen and oxygen atoms in total. The Kier molecular flexibility index (Phi) is 3.56. The summed E-state index contributed by atoms with van der Waals surface area (Å²) in [5, 5.41) is 2.64. The lowest BCUT2D eigenvalue weighted by molar-refractivity contribution is 0.0963. The smallest absolute Gasteiger partial charge is 0.251 e. The Morgan fingerprint density at radius 1 is 1.43 bits per heavy atom. The predicted octanol–water partition coefficient (Wildman–Crippen LogP) is 2.39. The lowest BCUT2D eigenvalue weighted by Gasteiger charge is -2.25. The van der Waals surface area contributed by atoms with Gasteiger partial charge in [0, 0.05) is 18.7 Å². The second kappa shape index (κ2) is 5.52. The normalized spacial score (nSPS) is 14.0. The molecule has 110 valence electrons. The third-order valence-corrected chi connectivity index (χ3v) is 3.72. The molecule has 0 aliphatic heterocycles. The zero-order valence-electron chi connectivity index (χ0n) is 12.0. The Bertz CT molecular complexity index is 633. The Balaban J connectivity index is 1.93. The zero-order chi connectivity index (χ0) is 14.8. The molecule has 3 rings (SSSR count). The minimum Gasteiger partial charge on any atom is -0.467 e. The maximum atomic E-state index is 11.8. The van der Waals surface area contributed by atoms with Gasteiger partial charge in [0.2, 0.25) is 0 Å². The molecule has 0 spiro atoms. The summed E-state index contributed by atoms with van der Waals surface area (Å²) in [4.78, 5) is 14.0. The monoisotopic (exact) mass is 285 g/mol. The first-order valence-corrected chi connectivity index (χ1v) is 7.09. The van der Waals surface area contributed by atoms with E-state index in [0.29, 0.717) is 23.8 Å². The number of hydrogen-bond donors (Lipinski definition) is 2. The largest absolute Gasteiger partial charge is 0.467 e. The van der Waals surface area contributed by atoms with Gasteiger partial charge in [0.1, 0.15) is 5.76 Å². The molecule has 1 amide bonds. The molecule has 0 atom stereocenters. The van der Waals surface area contributed by atoms with Crippen molar-refractivity contribution in [2.24, 2.45) is 0 Å². The SMILES string of the molecule is CNC(=O)c1ccc(N)c(N(Cc2ccco2)C2CC2)c1. The third-order valence-electron chi connectivity index (χ3n) is 3.72. The number of nitrogens with zero attached hydrogens (tertiary/aromatic N) is 1. The second-order valence-electron chi connectivity index (χ2n) is 5.29. The number of carbonyl (C=O) groups is 1. The average Bonchev–Trinajstić information content (AvgIpc) is 3.21. The van der Waals surface area contributed by atoms with Crippen LogP contribution in [0, 0.1) is 0 Å². The van der Waals surface area contributed by atoms with Crippen LogP contribution in [0.4, 0.5) is 11.4 Å². The Hall–Kier alpha value is -2.43. The predicted molar refractivity (Wildman–Crippen MR) is 82.2 cm³/mol. The van der Waals surface area contributed by atoms with E-state index in [1.54, 1.807) is 25.4 Å². The fraction of sp³-hybridized carbons (Fsp3) is 0.312. The van der Waals surface area contributed by atoms with E-state index in [0.717, 1.165) is 24.3 Å². The van der Waals surface area contributed by atoms with Crippen molar-refractivity contribution in [1.82, 2.24) is 5.32 Å². The fourth-order valence-electron chi connectivity index (χ4n) is 2.45. The fourth-order valence-corrected chi connectivity index (χ4v) is 2.45. The molecule has 21 heavy (non-hydrogen) atoms. The maximum absolute atomic E-state index is 11.8. The second-order valence-corrected chi connectivity index (χ2v) is 5.29. The van der Waals surface area contributed by atoms with Crippen molar-refractivity contribution in [3.63, 3.8) is 0 Å². The van der Waals surface area contributed by atoms with Crippen molar-refractivity contribution in [3.05, 3.63) is 47.9 Å². The lowest BCUT2D eigenvalue weighted by atomic mass is 10.1. The van der Waals surface area contributed by atoms with Crippen molar-refractivity contribution in [2.75, 3.05) is 17.7 Å². The summed E-state index contributed by atoms with van der Waals surface area (Å²) in [6.07, 6.45) is 3.96. The first kappa shape index (κ1) is 13.5. The van der Waals surface area contributed by atoms with Gasteiger partial charge in [-0.2, -0.15) is 0 Å². The summed E-state index contributed by atoms with van der Waals surface area (Å²) in [7, 11) is 1.62. The van der Waals surface area contributed by atoms with Crippen molar-refractivity contribution >= 4 is 17.3 Å². The average molecular weight is 285 g/mol. The molecular formula is C16H19N3O2. The lowest BCUT2D eigenvalue weighted by Crippen LogP contribution is -2.26. The van der Waals surface area contributed by atoms with Gasteiger partial charge in [0.05, 0.1) is 24.2 Å². The molecule has 1 heterocycles. The molecule has 1 aliphatic rings. The van der Waals surface area contributed by atoms with Gasteiger partial charge in [-0.05, 0) is 43.2 Å². The molecule has 0 unspecified atom stereocenters. The molecule has 0 radical (unpaired) electrons. The van der Waals surface area contributed by atoms with Crippen LogP contribution >= 0.6 is 0 Å².